The number of hydrogen-bond acceptors (Lipinski definition) is 2. The Balaban J connectivity index is 2.33. The zero-order chi connectivity index (χ0) is 12.9. The SMILES string of the molecule is C[C@H](NCCOC(F)(F)F)c1cccc(Br)c1. The molecule has 0 aliphatic heterocycles. The maximum atomic E-state index is 11.7. The summed E-state index contributed by atoms with van der Waals surface area (Å²) < 4.78 is 39.7. The summed E-state index contributed by atoms with van der Waals surface area (Å²) in [5.74, 6) is 0. The molecule has 0 heterocycles. The molecule has 0 saturated carbocycles. The summed E-state index contributed by atoms with van der Waals surface area (Å²) in [7, 11) is 0. The van der Waals surface area contributed by atoms with Crippen LogP contribution in [-0.4, -0.2) is 19.5 Å². The first-order valence-electron chi connectivity index (χ1n) is 5.08. The summed E-state index contributed by atoms with van der Waals surface area (Å²) >= 11 is 3.34. The van der Waals surface area contributed by atoms with E-state index >= 15 is 0 Å². The molecule has 0 radical (unpaired) electrons. The predicted molar refractivity (Wildman–Crippen MR) is 62.6 cm³/mol. The number of rotatable bonds is 5. The van der Waals surface area contributed by atoms with Crippen molar-refractivity contribution in [3.05, 3.63) is 34.3 Å². The van der Waals surface area contributed by atoms with Crippen molar-refractivity contribution in [2.24, 2.45) is 0 Å². The zero-order valence-electron chi connectivity index (χ0n) is 9.22. The van der Waals surface area contributed by atoms with E-state index in [1.54, 1.807) is 0 Å². The highest BCUT2D eigenvalue weighted by Crippen LogP contribution is 2.18. The summed E-state index contributed by atoms with van der Waals surface area (Å²) in [4.78, 5) is 0. The molecule has 0 unspecified atom stereocenters. The van der Waals surface area contributed by atoms with Gasteiger partial charge in [-0.2, -0.15) is 0 Å². The fourth-order valence-corrected chi connectivity index (χ4v) is 1.75. The highest BCUT2D eigenvalue weighted by molar-refractivity contribution is 9.10. The molecular weight excluding hydrogens is 299 g/mol. The fraction of sp³-hybridized carbons (Fsp3) is 0.455. The fourth-order valence-electron chi connectivity index (χ4n) is 1.34. The maximum Gasteiger partial charge on any atom is 0.522 e. The van der Waals surface area contributed by atoms with E-state index < -0.39 is 6.36 Å². The standard InChI is InChI=1S/C11H13BrF3NO/c1-8(9-3-2-4-10(12)7-9)16-5-6-17-11(13,14)15/h2-4,7-8,16H,5-6H2,1H3/t8-/m0/s1. The van der Waals surface area contributed by atoms with E-state index in [1.165, 1.54) is 0 Å². The van der Waals surface area contributed by atoms with Gasteiger partial charge in [0.1, 0.15) is 0 Å². The second-order valence-corrected chi connectivity index (χ2v) is 4.44. The van der Waals surface area contributed by atoms with Gasteiger partial charge in [0, 0.05) is 17.1 Å². The van der Waals surface area contributed by atoms with Crippen LogP contribution in [0.3, 0.4) is 0 Å². The minimum atomic E-state index is -4.55. The highest BCUT2D eigenvalue weighted by atomic mass is 79.9. The Morgan fingerprint density at radius 1 is 1.41 bits per heavy atom. The minimum absolute atomic E-state index is 0.0238. The molecule has 0 aliphatic carbocycles. The van der Waals surface area contributed by atoms with Gasteiger partial charge in [0.25, 0.3) is 0 Å². The van der Waals surface area contributed by atoms with E-state index in [0.29, 0.717) is 0 Å². The monoisotopic (exact) mass is 311 g/mol. The summed E-state index contributed by atoms with van der Waals surface area (Å²) in [6.07, 6.45) is -4.55. The van der Waals surface area contributed by atoms with Crippen LogP contribution < -0.4 is 5.32 Å². The Morgan fingerprint density at radius 2 is 2.12 bits per heavy atom. The molecule has 0 aromatic heterocycles. The van der Waals surface area contributed by atoms with Gasteiger partial charge in [0.2, 0.25) is 0 Å². The maximum absolute atomic E-state index is 11.7. The van der Waals surface area contributed by atoms with Crippen LogP contribution in [0, 0.1) is 0 Å². The predicted octanol–water partition coefficient (Wildman–Crippen LogP) is 3.64. The average Bonchev–Trinajstić information content (AvgIpc) is 2.23. The Bertz CT molecular complexity index is 357. The highest BCUT2D eigenvalue weighted by Gasteiger charge is 2.28. The first-order chi connectivity index (χ1) is 7.88. The van der Waals surface area contributed by atoms with E-state index in [-0.39, 0.29) is 19.2 Å². The Labute approximate surface area is 106 Å². The van der Waals surface area contributed by atoms with Crippen LogP contribution in [0.4, 0.5) is 13.2 Å². The number of ether oxygens (including phenoxy) is 1. The molecule has 0 aliphatic rings. The molecule has 0 bridgehead atoms. The molecule has 0 amide bonds. The second kappa shape index (κ2) is 6.37. The van der Waals surface area contributed by atoms with Gasteiger partial charge >= 0.3 is 6.36 Å². The molecule has 1 atom stereocenters. The van der Waals surface area contributed by atoms with Crippen molar-refractivity contribution in [3.8, 4) is 0 Å². The molecule has 0 spiro atoms. The van der Waals surface area contributed by atoms with Crippen molar-refractivity contribution in [3.63, 3.8) is 0 Å². The van der Waals surface area contributed by atoms with Crippen molar-refractivity contribution in [1.82, 2.24) is 5.32 Å². The molecule has 1 N–H and O–H groups in total. The lowest BCUT2D eigenvalue weighted by molar-refractivity contribution is -0.323. The quantitative estimate of drug-likeness (QED) is 0.838. The largest absolute Gasteiger partial charge is 0.522 e. The number of benzene rings is 1. The molecule has 0 fully saturated rings. The van der Waals surface area contributed by atoms with Crippen LogP contribution in [0.1, 0.15) is 18.5 Å². The van der Waals surface area contributed by atoms with Crippen LogP contribution in [0.5, 0.6) is 0 Å². The molecule has 0 saturated heterocycles. The number of halogens is 4. The normalized spacial score (nSPS) is 13.7. The third-order valence-corrected chi connectivity index (χ3v) is 2.66. The van der Waals surface area contributed by atoms with E-state index in [9.17, 15) is 13.2 Å². The van der Waals surface area contributed by atoms with E-state index in [4.69, 9.17) is 0 Å². The topological polar surface area (TPSA) is 21.3 Å². The molecule has 2 nitrogen and oxygen atoms in total. The van der Waals surface area contributed by atoms with Crippen molar-refractivity contribution < 1.29 is 17.9 Å². The van der Waals surface area contributed by atoms with Crippen molar-refractivity contribution in [2.45, 2.75) is 19.3 Å². The lowest BCUT2D eigenvalue weighted by Gasteiger charge is -2.15. The van der Waals surface area contributed by atoms with Gasteiger partial charge in [0.05, 0.1) is 6.61 Å². The van der Waals surface area contributed by atoms with Crippen LogP contribution >= 0.6 is 15.9 Å². The smallest absolute Gasteiger partial charge is 0.308 e. The summed E-state index contributed by atoms with van der Waals surface area (Å²) in [6.45, 7) is 1.64. The van der Waals surface area contributed by atoms with E-state index in [1.807, 2.05) is 31.2 Å². The molecule has 1 aromatic rings. The van der Waals surface area contributed by atoms with Gasteiger partial charge in [-0.15, -0.1) is 13.2 Å². The molecule has 17 heavy (non-hydrogen) atoms. The first-order valence-corrected chi connectivity index (χ1v) is 5.87. The molecule has 6 heteroatoms. The van der Waals surface area contributed by atoms with Gasteiger partial charge < -0.3 is 5.32 Å². The number of nitrogens with one attached hydrogen (secondary N) is 1. The summed E-state index contributed by atoms with van der Waals surface area (Å²) in [5.41, 5.74) is 1.01. The van der Waals surface area contributed by atoms with Gasteiger partial charge in [0.15, 0.2) is 0 Å². The molecular formula is C11H13BrF3NO. The lowest BCUT2D eigenvalue weighted by atomic mass is 10.1. The van der Waals surface area contributed by atoms with Gasteiger partial charge in [-0.25, -0.2) is 0 Å². The van der Waals surface area contributed by atoms with Crippen molar-refractivity contribution in [1.29, 1.82) is 0 Å². The Morgan fingerprint density at radius 3 is 2.71 bits per heavy atom. The third kappa shape index (κ3) is 6.05. The Hall–Kier alpha value is -0.590. The van der Waals surface area contributed by atoms with Crippen LogP contribution in [0.2, 0.25) is 0 Å². The summed E-state index contributed by atoms with van der Waals surface area (Å²) in [6, 6.07) is 7.58. The van der Waals surface area contributed by atoms with Crippen molar-refractivity contribution >= 4 is 15.9 Å². The van der Waals surface area contributed by atoms with Crippen molar-refractivity contribution in [2.75, 3.05) is 13.2 Å². The van der Waals surface area contributed by atoms with E-state index in [0.717, 1.165) is 10.0 Å². The van der Waals surface area contributed by atoms with Gasteiger partial charge in [-0.3, -0.25) is 4.74 Å². The third-order valence-electron chi connectivity index (χ3n) is 2.17. The molecule has 96 valence electrons. The summed E-state index contributed by atoms with van der Waals surface area (Å²) in [5, 5.41) is 2.95. The molecule has 1 aromatic carbocycles. The number of alkyl halides is 3. The van der Waals surface area contributed by atoms with Crippen LogP contribution in [0.15, 0.2) is 28.7 Å². The van der Waals surface area contributed by atoms with Crippen LogP contribution in [-0.2, 0) is 4.74 Å². The minimum Gasteiger partial charge on any atom is -0.308 e. The Kier molecular flexibility index (Phi) is 5.42. The second-order valence-electron chi connectivity index (χ2n) is 3.53. The van der Waals surface area contributed by atoms with Crippen LogP contribution in [0.25, 0.3) is 0 Å². The van der Waals surface area contributed by atoms with Gasteiger partial charge in [-0.05, 0) is 24.6 Å². The average molecular weight is 312 g/mol. The lowest BCUT2D eigenvalue weighted by Crippen LogP contribution is -2.26. The number of hydrogen-bond donors (Lipinski definition) is 1. The van der Waals surface area contributed by atoms with Gasteiger partial charge in [-0.1, -0.05) is 28.1 Å². The first kappa shape index (κ1) is 14.5. The molecule has 1 rings (SSSR count). The van der Waals surface area contributed by atoms with E-state index in [2.05, 4.69) is 26.0 Å². The zero-order valence-corrected chi connectivity index (χ0v) is 10.8.